The highest BCUT2D eigenvalue weighted by Crippen LogP contribution is 2.20. The molecule has 1 aromatic rings. The zero-order valence-electron chi connectivity index (χ0n) is 10.1. The predicted molar refractivity (Wildman–Crippen MR) is 64.2 cm³/mol. The number of hydrogen-bond donors (Lipinski definition) is 2. The topological polar surface area (TPSA) is 83.8 Å². The fourth-order valence-electron chi connectivity index (χ4n) is 1.39. The Bertz CT molecular complexity index is 427. The second kappa shape index (κ2) is 6.76. The van der Waals surface area contributed by atoms with Gasteiger partial charge in [0.2, 0.25) is 0 Å². The largest absolute Gasteiger partial charge is 0.479 e. The Balaban J connectivity index is 2.70. The Hall–Kier alpha value is -1.88. The van der Waals surface area contributed by atoms with Crippen LogP contribution in [0.25, 0.3) is 0 Å². The standard InChI is InChI=1S/C13H16O5/c1-2-3-7-11(14)18-10-6-4-5-9(8-10)12(15)13(16)17/h4-6,8,12,15H,2-3,7H2,1H3,(H,16,17). The van der Waals surface area contributed by atoms with Gasteiger partial charge in [-0.05, 0) is 24.1 Å². The van der Waals surface area contributed by atoms with Crippen LogP contribution in [0.5, 0.6) is 5.75 Å². The van der Waals surface area contributed by atoms with Crippen molar-refractivity contribution < 1.29 is 24.5 Å². The summed E-state index contributed by atoms with van der Waals surface area (Å²) < 4.78 is 5.04. The molecule has 0 fully saturated rings. The van der Waals surface area contributed by atoms with Crippen molar-refractivity contribution in [1.29, 1.82) is 0 Å². The van der Waals surface area contributed by atoms with Crippen molar-refractivity contribution in [2.24, 2.45) is 0 Å². The third-order valence-electron chi connectivity index (χ3n) is 2.37. The SMILES string of the molecule is CCCCC(=O)Oc1cccc(C(O)C(=O)O)c1. The van der Waals surface area contributed by atoms with E-state index in [1.54, 1.807) is 6.07 Å². The van der Waals surface area contributed by atoms with Crippen LogP contribution in [0.15, 0.2) is 24.3 Å². The number of unbranched alkanes of at least 4 members (excludes halogenated alkanes) is 1. The monoisotopic (exact) mass is 252 g/mol. The van der Waals surface area contributed by atoms with Crippen LogP contribution in [0, 0.1) is 0 Å². The average Bonchev–Trinajstić information content (AvgIpc) is 2.35. The first-order valence-corrected chi connectivity index (χ1v) is 5.76. The number of carbonyl (C=O) groups excluding carboxylic acids is 1. The Morgan fingerprint density at radius 2 is 2.11 bits per heavy atom. The normalized spacial score (nSPS) is 11.9. The molecule has 0 aliphatic carbocycles. The number of carboxylic acid groups (broad SMARTS) is 1. The lowest BCUT2D eigenvalue weighted by Gasteiger charge is -2.08. The van der Waals surface area contributed by atoms with E-state index < -0.39 is 12.1 Å². The molecule has 0 saturated heterocycles. The van der Waals surface area contributed by atoms with Crippen molar-refractivity contribution in [3.05, 3.63) is 29.8 Å². The van der Waals surface area contributed by atoms with Gasteiger partial charge >= 0.3 is 11.9 Å². The lowest BCUT2D eigenvalue weighted by molar-refractivity contribution is -0.146. The molecule has 1 rings (SSSR count). The first-order valence-electron chi connectivity index (χ1n) is 5.76. The summed E-state index contributed by atoms with van der Waals surface area (Å²) in [5.41, 5.74) is 0.184. The maximum Gasteiger partial charge on any atom is 0.337 e. The van der Waals surface area contributed by atoms with Gasteiger partial charge in [-0.25, -0.2) is 4.79 Å². The highest BCUT2D eigenvalue weighted by molar-refractivity contribution is 5.75. The fourth-order valence-corrected chi connectivity index (χ4v) is 1.39. The van der Waals surface area contributed by atoms with Gasteiger partial charge in [0.05, 0.1) is 0 Å². The third kappa shape index (κ3) is 4.18. The number of rotatable bonds is 6. The highest BCUT2D eigenvalue weighted by atomic mass is 16.5. The summed E-state index contributed by atoms with van der Waals surface area (Å²) in [7, 11) is 0. The van der Waals surface area contributed by atoms with Crippen molar-refractivity contribution in [2.75, 3.05) is 0 Å². The van der Waals surface area contributed by atoms with E-state index in [9.17, 15) is 14.7 Å². The summed E-state index contributed by atoms with van der Waals surface area (Å²) >= 11 is 0. The molecule has 5 heteroatoms. The molecule has 5 nitrogen and oxygen atoms in total. The fraction of sp³-hybridized carbons (Fsp3) is 0.385. The van der Waals surface area contributed by atoms with Gasteiger partial charge in [-0.3, -0.25) is 4.79 Å². The van der Waals surface area contributed by atoms with Crippen molar-refractivity contribution in [2.45, 2.75) is 32.3 Å². The summed E-state index contributed by atoms with van der Waals surface area (Å²) in [6, 6.07) is 5.89. The molecule has 0 aliphatic heterocycles. The molecule has 0 aromatic heterocycles. The lowest BCUT2D eigenvalue weighted by Crippen LogP contribution is -2.11. The molecule has 0 amide bonds. The number of ether oxygens (including phenoxy) is 1. The summed E-state index contributed by atoms with van der Waals surface area (Å²) in [6.07, 6.45) is 0.352. The summed E-state index contributed by atoms with van der Waals surface area (Å²) in [6.45, 7) is 1.97. The van der Waals surface area contributed by atoms with Crippen LogP contribution in [0.4, 0.5) is 0 Å². The van der Waals surface area contributed by atoms with E-state index in [0.29, 0.717) is 6.42 Å². The summed E-state index contributed by atoms with van der Waals surface area (Å²) in [5, 5.41) is 18.0. The van der Waals surface area contributed by atoms with Gasteiger partial charge < -0.3 is 14.9 Å². The first-order chi connectivity index (χ1) is 8.54. The highest BCUT2D eigenvalue weighted by Gasteiger charge is 2.16. The van der Waals surface area contributed by atoms with Crippen LogP contribution in [0.1, 0.15) is 37.9 Å². The Morgan fingerprint density at radius 3 is 2.72 bits per heavy atom. The molecule has 2 N–H and O–H groups in total. The van der Waals surface area contributed by atoms with E-state index in [2.05, 4.69) is 0 Å². The average molecular weight is 252 g/mol. The van der Waals surface area contributed by atoms with Crippen LogP contribution in [-0.4, -0.2) is 22.2 Å². The van der Waals surface area contributed by atoms with Crippen LogP contribution < -0.4 is 4.74 Å². The van der Waals surface area contributed by atoms with Gasteiger partial charge in [0.1, 0.15) is 5.75 Å². The van der Waals surface area contributed by atoms with E-state index in [1.807, 2.05) is 6.92 Å². The second-order valence-electron chi connectivity index (χ2n) is 3.89. The van der Waals surface area contributed by atoms with Crippen LogP contribution >= 0.6 is 0 Å². The summed E-state index contributed by atoms with van der Waals surface area (Å²) in [4.78, 5) is 22.0. The molecule has 0 radical (unpaired) electrons. The maximum absolute atomic E-state index is 11.4. The van der Waals surface area contributed by atoms with Crippen LogP contribution in [0.3, 0.4) is 0 Å². The molecule has 0 saturated carbocycles. The van der Waals surface area contributed by atoms with Crippen molar-refractivity contribution in [3.63, 3.8) is 0 Å². The Labute approximate surface area is 105 Å². The number of carbonyl (C=O) groups is 2. The minimum Gasteiger partial charge on any atom is -0.479 e. The zero-order chi connectivity index (χ0) is 13.5. The van der Waals surface area contributed by atoms with Gasteiger partial charge in [-0.2, -0.15) is 0 Å². The number of aliphatic hydroxyl groups excluding tert-OH is 1. The molecule has 0 spiro atoms. The Morgan fingerprint density at radius 1 is 1.39 bits per heavy atom. The number of aliphatic hydroxyl groups is 1. The summed E-state index contributed by atoms with van der Waals surface area (Å²) in [5.74, 6) is -1.46. The number of benzene rings is 1. The number of hydrogen-bond acceptors (Lipinski definition) is 4. The van der Waals surface area contributed by atoms with Gasteiger partial charge in [-0.1, -0.05) is 25.5 Å². The van der Waals surface area contributed by atoms with Gasteiger partial charge in [0.25, 0.3) is 0 Å². The van der Waals surface area contributed by atoms with E-state index in [-0.39, 0.29) is 17.3 Å². The minimum atomic E-state index is -1.61. The zero-order valence-corrected chi connectivity index (χ0v) is 10.1. The van der Waals surface area contributed by atoms with Crippen molar-refractivity contribution >= 4 is 11.9 Å². The molecule has 1 unspecified atom stereocenters. The van der Waals surface area contributed by atoms with E-state index in [4.69, 9.17) is 9.84 Å². The number of aliphatic carboxylic acids is 1. The molecular formula is C13H16O5. The first kappa shape index (κ1) is 14.2. The number of carboxylic acids is 1. The molecule has 18 heavy (non-hydrogen) atoms. The molecule has 0 bridgehead atoms. The lowest BCUT2D eigenvalue weighted by atomic mass is 10.1. The molecule has 0 heterocycles. The Kier molecular flexibility index (Phi) is 5.32. The van der Waals surface area contributed by atoms with Crippen LogP contribution in [0.2, 0.25) is 0 Å². The maximum atomic E-state index is 11.4. The molecule has 1 aromatic carbocycles. The molecule has 0 aliphatic rings. The van der Waals surface area contributed by atoms with Crippen molar-refractivity contribution in [3.8, 4) is 5.75 Å². The van der Waals surface area contributed by atoms with Gasteiger partial charge in [0.15, 0.2) is 6.10 Å². The number of esters is 1. The smallest absolute Gasteiger partial charge is 0.337 e. The van der Waals surface area contributed by atoms with Crippen LogP contribution in [-0.2, 0) is 9.59 Å². The molecule has 98 valence electrons. The van der Waals surface area contributed by atoms with E-state index in [1.165, 1.54) is 18.2 Å². The van der Waals surface area contributed by atoms with E-state index >= 15 is 0 Å². The second-order valence-corrected chi connectivity index (χ2v) is 3.89. The van der Waals surface area contributed by atoms with Crippen molar-refractivity contribution in [1.82, 2.24) is 0 Å². The van der Waals surface area contributed by atoms with E-state index in [0.717, 1.165) is 12.8 Å². The quantitative estimate of drug-likeness (QED) is 0.596. The van der Waals surface area contributed by atoms with Gasteiger partial charge in [-0.15, -0.1) is 0 Å². The van der Waals surface area contributed by atoms with Gasteiger partial charge in [0, 0.05) is 6.42 Å². The molecular weight excluding hydrogens is 236 g/mol. The third-order valence-corrected chi connectivity index (χ3v) is 2.37. The molecule has 1 atom stereocenters. The predicted octanol–water partition coefficient (Wildman–Crippen LogP) is 1.90. The minimum absolute atomic E-state index is 0.184.